The zero-order chi connectivity index (χ0) is 15.8. The summed E-state index contributed by atoms with van der Waals surface area (Å²) in [5.74, 6) is 0.450. The molecule has 0 atom stereocenters. The van der Waals surface area contributed by atoms with Crippen molar-refractivity contribution in [3.8, 4) is 11.3 Å². The Morgan fingerprint density at radius 1 is 1.24 bits per heavy atom. The van der Waals surface area contributed by atoms with Crippen LogP contribution in [0, 0.1) is 12.8 Å². The number of hydrogen-bond donors (Lipinski definition) is 1. The Kier molecular flexibility index (Phi) is 4.13. The van der Waals surface area contributed by atoms with Gasteiger partial charge in [-0.3, -0.25) is 9.89 Å². The fourth-order valence-corrected chi connectivity index (χ4v) is 2.58. The third-order valence-corrected chi connectivity index (χ3v) is 3.58. The number of nitrogens with one attached hydrogen (secondary N) is 1. The molecule has 0 aliphatic rings. The zero-order valence-electron chi connectivity index (χ0n) is 13.9. The quantitative estimate of drug-likeness (QED) is 0.906. The van der Waals surface area contributed by atoms with E-state index >= 15 is 0 Å². The number of nitrogens with zero attached hydrogens (tertiary/aromatic N) is 1. The topological polar surface area (TPSA) is 37.8 Å². The Labute approximate surface area is 127 Å². The third kappa shape index (κ3) is 3.29. The van der Waals surface area contributed by atoms with Gasteiger partial charge in [-0.2, -0.15) is 0 Å². The molecule has 114 valence electrons. The fourth-order valence-electron chi connectivity index (χ4n) is 2.58. The van der Waals surface area contributed by atoms with E-state index in [0.717, 1.165) is 23.2 Å². The van der Waals surface area contributed by atoms with Crippen LogP contribution in [0.25, 0.3) is 11.3 Å². The van der Waals surface area contributed by atoms with Crippen LogP contribution in [0.2, 0.25) is 0 Å². The predicted molar refractivity (Wildman–Crippen MR) is 88.8 cm³/mol. The fraction of sp³-hybridized carbons (Fsp3) is 0.500. The molecule has 1 aromatic heterocycles. The van der Waals surface area contributed by atoms with Crippen molar-refractivity contribution in [3.05, 3.63) is 45.7 Å². The largest absolute Gasteiger partial charge is 0.294 e. The first kappa shape index (κ1) is 15.6. The van der Waals surface area contributed by atoms with Gasteiger partial charge in [-0.15, -0.1) is 0 Å². The van der Waals surface area contributed by atoms with E-state index in [9.17, 15) is 4.79 Å². The molecule has 0 bridgehead atoms. The van der Waals surface area contributed by atoms with E-state index in [2.05, 4.69) is 44.1 Å². The number of benzene rings is 1. The van der Waals surface area contributed by atoms with Crippen LogP contribution in [0.1, 0.15) is 45.7 Å². The van der Waals surface area contributed by atoms with Crippen LogP contribution in [0.15, 0.2) is 29.1 Å². The molecule has 0 radical (unpaired) electrons. The minimum atomic E-state index is -0.245. The summed E-state index contributed by atoms with van der Waals surface area (Å²) in [6.07, 6.45) is 0.793. The number of aryl methyl sites for hydroxylation is 1. The molecule has 0 fully saturated rings. The van der Waals surface area contributed by atoms with Gasteiger partial charge in [0.05, 0.1) is 11.2 Å². The molecule has 0 aliphatic heterocycles. The summed E-state index contributed by atoms with van der Waals surface area (Å²) in [5, 5.41) is 3.34. The highest BCUT2D eigenvalue weighted by molar-refractivity contribution is 5.63. The summed E-state index contributed by atoms with van der Waals surface area (Å²) in [7, 11) is 0. The van der Waals surface area contributed by atoms with Crippen molar-refractivity contribution < 1.29 is 0 Å². The number of hydrogen-bond acceptors (Lipinski definition) is 1. The second kappa shape index (κ2) is 5.55. The van der Waals surface area contributed by atoms with Crippen molar-refractivity contribution in [3.63, 3.8) is 0 Å². The Morgan fingerprint density at radius 2 is 1.90 bits per heavy atom. The number of aromatic amines is 1. The van der Waals surface area contributed by atoms with Crippen molar-refractivity contribution in [2.75, 3.05) is 0 Å². The summed E-state index contributed by atoms with van der Waals surface area (Å²) in [5.41, 5.74) is 4.01. The first-order chi connectivity index (χ1) is 9.70. The molecular weight excluding hydrogens is 260 g/mol. The van der Waals surface area contributed by atoms with E-state index in [1.807, 2.05) is 26.8 Å². The van der Waals surface area contributed by atoms with Crippen molar-refractivity contribution in [2.45, 2.75) is 53.5 Å². The monoisotopic (exact) mass is 286 g/mol. The molecule has 0 saturated heterocycles. The van der Waals surface area contributed by atoms with Crippen molar-refractivity contribution >= 4 is 0 Å². The summed E-state index contributed by atoms with van der Waals surface area (Å²) in [6.45, 7) is 12.5. The summed E-state index contributed by atoms with van der Waals surface area (Å²) < 4.78 is 1.75. The van der Waals surface area contributed by atoms with Crippen LogP contribution in [0.4, 0.5) is 0 Å². The SMILES string of the molecule is Cc1cccc(-c2[nH]n(C(C)(C)C)c(=O)c2CC(C)C)c1. The maximum absolute atomic E-state index is 12.8. The van der Waals surface area contributed by atoms with Crippen LogP contribution < -0.4 is 5.56 Å². The van der Waals surface area contributed by atoms with Crippen LogP contribution in [-0.4, -0.2) is 9.78 Å². The lowest BCUT2D eigenvalue weighted by molar-refractivity contribution is 0.345. The second-order valence-electron chi connectivity index (χ2n) is 7.24. The van der Waals surface area contributed by atoms with Crippen LogP contribution >= 0.6 is 0 Å². The van der Waals surface area contributed by atoms with Crippen molar-refractivity contribution in [1.82, 2.24) is 9.78 Å². The van der Waals surface area contributed by atoms with E-state index in [0.29, 0.717) is 5.92 Å². The standard InChI is InChI=1S/C18H26N2O/c1-12(2)10-15-16(14-9-7-8-13(3)11-14)19-20(17(15)21)18(4,5)6/h7-9,11-12,19H,10H2,1-6H3. The summed E-state index contributed by atoms with van der Waals surface area (Å²) in [4.78, 5) is 12.8. The smallest absolute Gasteiger partial charge is 0.270 e. The lowest BCUT2D eigenvalue weighted by Gasteiger charge is -2.19. The Morgan fingerprint density at radius 3 is 2.43 bits per heavy atom. The lowest BCUT2D eigenvalue weighted by atomic mass is 9.99. The normalized spacial score (nSPS) is 12.1. The molecule has 0 spiro atoms. The maximum Gasteiger partial charge on any atom is 0.270 e. The Hall–Kier alpha value is -1.77. The average molecular weight is 286 g/mol. The average Bonchev–Trinajstić information content (AvgIpc) is 2.66. The van der Waals surface area contributed by atoms with Gasteiger partial charge in [-0.05, 0) is 46.1 Å². The van der Waals surface area contributed by atoms with Crippen molar-refractivity contribution in [1.29, 1.82) is 0 Å². The van der Waals surface area contributed by atoms with E-state index in [1.54, 1.807) is 4.68 Å². The number of H-pyrrole nitrogens is 1. The van der Waals surface area contributed by atoms with Crippen LogP contribution in [0.5, 0.6) is 0 Å². The van der Waals surface area contributed by atoms with Gasteiger partial charge in [0.2, 0.25) is 0 Å². The van der Waals surface area contributed by atoms with Gasteiger partial charge >= 0.3 is 0 Å². The summed E-state index contributed by atoms with van der Waals surface area (Å²) >= 11 is 0. The first-order valence-electron chi connectivity index (χ1n) is 7.61. The van der Waals surface area contributed by atoms with E-state index < -0.39 is 0 Å². The van der Waals surface area contributed by atoms with Gasteiger partial charge in [0.25, 0.3) is 5.56 Å². The zero-order valence-corrected chi connectivity index (χ0v) is 13.9. The van der Waals surface area contributed by atoms with Crippen LogP contribution in [0.3, 0.4) is 0 Å². The molecule has 0 amide bonds. The van der Waals surface area contributed by atoms with Gasteiger partial charge in [0, 0.05) is 11.1 Å². The minimum absolute atomic E-state index is 0.104. The molecule has 3 nitrogen and oxygen atoms in total. The molecular formula is C18H26N2O. The highest BCUT2D eigenvalue weighted by Crippen LogP contribution is 2.24. The second-order valence-corrected chi connectivity index (χ2v) is 7.24. The highest BCUT2D eigenvalue weighted by atomic mass is 16.1. The number of rotatable bonds is 3. The molecule has 0 unspecified atom stereocenters. The molecule has 1 N–H and O–H groups in total. The van der Waals surface area contributed by atoms with Gasteiger partial charge in [0.15, 0.2) is 0 Å². The molecule has 2 aromatic rings. The molecule has 1 aromatic carbocycles. The molecule has 3 heteroatoms. The predicted octanol–water partition coefficient (Wildman–Crippen LogP) is 4.11. The first-order valence-corrected chi connectivity index (χ1v) is 7.61. The molecule has 21 heavy (non-hydrogen) atoms. The molecule has 1 heterocycles. The molecule has 2 rings (SSSR count). The van der Waals surface area contributed by atoms with Gasteiger partial charge in [0.1, 0.15) is 0 Å². The van der Waals surface area contributed by atoms with Gasteiger partial charge < -0.3 is 0 Å². The third-order valence-electron chi connectivity index (χ3n) is 3.58. The summed E-state index contributed by atoms with van der Waals surface area (Å²) in [6, 6.07) is 8.30. The minimum Gasteiger partial charge on any atom is -0.294 e. The van der Waals surface area contributed by atoms with Crippen molar-refractivity contribution in [2.24, 2.45) is 5.92 Å². The molecule has 0 aliphatic carbocycles. The Balaban J connectivity index is 2.67. The lowest BCUT2D eigenvalue weighted by Crippen LogP contribution is -2.33. The van der Waals surface area contributed by atoms with Gasteiger partial charge in [-0.1, -0.05) is 37.6 Å². The van der Waals surface area contributed by atoms with Crippen LogP contribution in [-0.2, 0) is 12.0 Å². The molecule has 0 saturated carbocycles. The van der Waals surface area contributed by atoms with E-state index in [1.165, 1.54) is 5.56 Å². The highest BCUT2D eigenvalue weighted by Gasteiger charge is 2.23. The maximum atomic E-state index is 12.8. The number of aromatic nitrogens is 2. The van der Waals surface area contributed by atoms with Gasteiger partial charge in [-0.25, -0.2) is 4.68 Å². The van der Waals surface area contributed by atoms with E-state index in [-0.39, 0.29) is 11.1 Å². The Bertz CT molecular complexity index is 684. The van der Waals surface area contributed by atoms with E-state index in [4.69, 9.17) is 0 Å².